The van der Waals surface area contributed by atoms with Crippen molar-refractivity contribution < 1.29 is 29.0 Å². The molecule has 5 aromatic carbocycles. The minimum absolute atomic E-state index is 0.0662. The lowest BCUT2D eigenvalue weighted by Crippen LogP contribution is -2.20. The van der Waals surface area contributed by atoms with Crippen LogP contribution < -0.4 is 20.1 Å². The molecule has 43 heavy (non-hydrogen) atoms. The molecule has 0 aromatic heterocycles. The number of aromatic carboxylic acids is 1. The fraction of sp³-hybridized carbons (Fsp3) is 0.0882. The zero-order valence-corrected chi connectivity index (χ0v) is 23.6. The maximum absolute atomic E-state index is 13.5. The van der Waals surface area contributed by atoms with Gasteiger partial charge in [-0.3, -0.25) is 9.59 Å². The van der Waals surface area contributed by atoms with Gasteiger partial charge in [0.05, 0.1) is 5.56 Å². The second-order valence-corrected chi connectivity index (χ2v) is 10.9. The van der Waals surface area contributed by atoms with Gasteiger partial charge in [0.15, 0.2) is 11.5 Å². The quantitative estimate of drug-likeness (QED) is 0.166. The van der Waals surface area contributed by atoms with Crippen LogP contribution in [0.25, 0.3) is 10.8 Å². The van der Waals surface area contributed by atoms with Crippen LogP contribution in [0.15, 0.2) is 114 Å². The fourth-order valence-electron chi connectivity index (χ4n) is 4.89. The van der Waals surface area contributed by atoms with E-state index in [0.717, 1.165) is 10.5 Å². The maximum Gasteiger partial charge on any atom is 0.336 e. The number of hydrogen-bond acceptors (Lipinski definition) is 6. The van der Waals surface area contributed by atoms with Gasteiger partial charge < -0.3 is 25.2 Å². The summed E-state index contributed by atoms with van der Waals surface area (Å²) in [5, 5.41) is 16.0. The maximum atomic E-state index is 13.5. The molecule has 0 saturated carbocycles. The van der Waals surface area contributed by atoms with Gasteiger partial charge in [0.1, 0.15) is 18.5 Å². The number of amides is 2. The topological polar surface area (TPSA) is 114 Å². The number of fused-ring (bicyclic) bond motifs is 2. The number of thioether (sulfide) groups is 1. The fourth-order valence-corrected chi connectivity index (χ4v) is 5.91. The Kier molecular flexibility index (Phi) is 7.97. The third-order valence-corrected chi connectivity index (χ3v) is 8.16. The van der Waals surface area contributed by atoms with Gasteiger partial charge in [0, 0.05) is 33.3 Å². The van der Waals surface area contributed by atoms with Gasteiger partial charge in [-0.1, -0.05) is 54.6 Å². The number of rotatable bonds is 8. The van der Waals surface area contributed by atoms with E-state index in [1.165, 1.54) is 17.8 Å². The standard InChI is InChI=1S/C34H26N2O6S/c37-32(26-10-4-8-21-9-5-11-27(30(21)26)34(39)40)35-23-12-15-25(16-13-23)43-31(22-6-2-1-3-7-22)33(38)36-24-14-17-28-29(20-24)42-19-18-41-28/h1-17,20,31H,18-19H2,(H,35,37)(H,36,38)(H,39,40). The van der Waals surface area contributed by atoms with Crippen molar-refractivity contribution in [1.29, 1.82) is 0 Å². The van der Waals surface area contributed by atoms with Crippen molar-refractivity contribution >= 4 is 51.7 Å². The number of carbonyl (C=O) groups is 3. The van der Waals surface area contributed by atoms with Crippen LogP contribution in [0.4, 0.5) is 11.4 Å². The third kappa shape index (κ3) is 6.17. The molecule has 9 heteroatoms. The van der Waals surface area contributed by atoms with E-state index in [4.69, 9.17) is 9.47 Å². The van der Waals surface area contributed by atoms with Crippen LogP contribution in [-0.4, -0.2) is 36.1 Å². The number of carbonyl (C=O) groups excluding carboxylic acids is 2. The lowest BCUT2D eigenvalue weighted by atomic mass is 9.98. The van der Waals surface area contributed by atoms with Crippen LogP contribution in [0.1, 0.15) is 31.5 Å². The van der Waals surface area contributed by atoms with E-state index in [-0.39, 0.29) is 17.0 Å². The molecule has 1 unspecified atom stereocenters. The highest BCUT2D eigenvalue weighted by molar-refractivity contribution is 8.00. The Balaban J connectivity index is 1.20. The molecule has 5 aromatic rings. The summed E-state index contributed by atoms with van der Waals surface area (Å²) in [4.78, 5) is 39.4. The molecule has 0 spiro atoms. The number of carboxylic acid groups (broad SMARTS) is 1. The average molecular weight is 591 g/mol. The SMILES string of the molecule is O=C(O)c1cccc2cccc(C(=O)Nc3ccc(SC(C(=O)Nc4ccc5c(c4)OCCO5)c4ccccc4)cc3)c12. The number of hydrogen-bond donors (Lipinski definition) is 3. The summed E-state index contributed by atoms with van der Waals surface area (Å²) in [6.07, 6.45) is 0. The highest BCUT2D eigenvalue weighted by Gasteiger charge is 2.23. The molecule has 1 aliphatic heterocycles. The number of anilines is 2. The zero-order valence-electron chi connectivity index (χ0n) is 22.8. The van der Waals surface area contributed by atoms with Gasteiger partial charge in [-0.05, 0) is 59.5 Å². The molecule has 0 saturated heterocycles. The predicted octanol–water partition coefficient (Wildman–Crippen LogP) is 7.03. The number of carboxylic acids is 1. The largest absolute Gasteiger partial charge is 0.486 e. The zero-order chi connectivity index (χ0) is 29.8. The number of ether oxygens (including phenoxy) is 2. The summed E-state index contributed by atoms with van der Waals surface area (Å²) in [6.45, 7) is 0.942. The normalized spacial score (nSPS) is 12.7. The number of benzene rings is 5. The second kappa shape index (κ2) is 12.3. The molecule has 6 rings (SSSR count). The monoisotopic (exact) mass is 590 g/mol. The van der Waals surface area contributed by atoms with Gasteiger partial charge in [0.25, 0.3) is 5.91 Å². The highest BCUT2D eigenvalue weighted by Crippen LogP contribution is 2.38. The molecule has 0 fully saturated rings. The summed E-state index contributed by atoms with van der Waals surface area (Å²) in [5.41, 5.74) is 2.32. The first-order chi connectivity index (χ1) is 21.0. The minimum Gasteiger partial charge on any atom is -0.486 e. The first kappa shape index (κ1) is 27.9. The third-order valence-electron chi connectivity index (χ3n) is 6.90. The van der Waals surface area contributed by atoms with Crippen molar-refractivity contribution in [3.8, 4) is 11.5 Å². The Morgan fingerprint density at radius 2 is 1.37 bits per heavy atom. The Morgan fingerprint density at radius 1 is 0.698 bits per heavy atom. The summed E-state index contributed by atoms with van der Waals surface area (Å²) in [7, 11) is 0. The van der Waals surface area contributed by atoms with Crippen LogP contribution in [-0.2, 0) is 4.79 Å². The van der Waals surface area contributed by atoms with Crippen LogP contribution in [0.3, 0.4) is 0 Å². The molecule has 2 amide bonds. The van der Waals surface area contributed by atoms with Crippen LogP contribution in [0.5, 0.6) is 11.5 Å². The van der Waals surface area contributed by atoms with E-state index in [0.29, 0.717) is 46.9 Å². The van der Waals surface area contributed by atoms with Gasteiger partial charge in [-0.25, -0.2) is 4.79 Å². The van der Waals surface area contributed by atoms with E-state index in [9.17, 15) is 19.5 Å². The Bertz CT molecular complexity index is 1820. The Labute approximate surface area is 251 Å². The highest BCUT2D eigenvalue weighted by atomic mass is 32.2. The molecule has 8 nitrogen and oxygen atoms in total. The van der Waals surface area contributed by atoms with Crippen LogP contribution >= 0.6 is 11.8 Å². The molecule has 0 radical (unpaired) electrons. The summed E-state index contributed by atoms with van der Waals surface area (Å²) >= 11 is 1.38. The molecular weight excluding hydrogens is 564 g/mol. The van der Waals surface area contributed by atoms with Crippen molar-refractivity contribution in [1.82, 2.24) is 0 Å². The Hall–Kier alpha value is -5.28. The van der Waals surface area contributed by atoms with Crippen molar-refractivity contribution in [2.24, 2.45) is 0 Å². The number of nitrogens with one attached hydrogen (secondary N) is 2. The van der Waals surface area contributed by atoms with E-state index in [1.807, 2.05) is 42.5 Å². The molecule has 3 N–H and O–H groups in total. The first-order valence-corrected chi connectivity index (χ1v) is 14.4. The second-order valence-electron chi connectivity index (χ2n) is 9.75. The summed E-state index contributed by atoms with van der Waals surface area (Å²) in [5.74, 6) is -0.476. The van der Waals surface area contributed by atoms with E-state index in [2.05, 4.69) is 10.6 Å². The Morgan fingerprint density at radius 3 is 2.09 bits per heavy atom. The smallest absolute Gasteiger partial charge is 0.336 e. The van der Waals surface area contributed by atoms with E-state index >= 15 is 0 Å². The molecule has 1 heterocycles. The molecule has 0 aliphatic carbocycles. The van der Waals surface area contributed by atoms with E-state index < -0.39 is 17.1 Å². The van der Waals surface area contributed by atoms with Gasteiger partial charge in [-0.2, -0.15) is 0 Å². The molecule has 0 bridgehead atoms. The summed E-state index contributed by atoms with van der Waals surface area (Å²) in [6, 6.07) is 32.0. The lowest BCUT2D eigenvalue weighted by molar-refractivity contribution is -0.115. The molecule has 1 atom stereocenters. The minimum atomic E-state index is -1.10. The predicted molar refractivity (Wildman–Crippen MR) is 166 cm³/mol. The first-order valence-electron chi connectivity index (χ1n) is 13.5. The summed E-state index contributed by atoms with van der Waals surface area (Å²) < 4.78 is 11.2. The lowest BCUT2D eigenvalue weighted by Gasteiger charge is -2.20. The van der Waals surface area contributed by atoms with Crippen molar-refractivity contribution in [3.63, 3.8) is 0 Å². The average Bonchev–Trinajstić information content (AvgIpc) is 3.04. The van der Waals surface area contributed by atoms with Crippen LogP contribution in [0, 0.1) is 0 Å². The van der Waals surface area contributed by atoms with Crippen molar-refractivity contribution in [2.75, 3.05) is 23.8 Å². The molecule has 214 valence electrons. The van der Waals surface area contributed by atoms with E-state index in [1.54, 1.807) is 60.7 Å². The molecular formula is C34H26N2O6S. The van der Waals surface area contributed by atoms with Crippen molar-refractivity contribution in [2.45, 2.75) is 10.1 Å². The van der Waals surface area contributed by atoms with Crippen molar-refractivity contribution in [3.05, 3.63) is 126 Å². The molecule has 1 aliphatic rings. The van der Waals surface area contributed by atoms with Gasteiger partial charge in [0.2, 0.25) is 5.91 Å². The van der Waals surface area contributed by atoms with Crippen LogP contribution in [0.2, 0.25) is 0 Å². The van der Waals surface area contributed by atoms with Gasteiger partial charge >= 0.3 is 5.97 Å². The van der Waals surface area contributed by atoms with Gasteiger partial charge in [-0.15, -0.1) is 11.8 Å².